The fourth-order valence-electron chi connectivity index (χ4n) is 6.73. The van der Waals surface area contributed by atoms with Crippen LogP contribution in [0.4, 0.5) is 0 Å². The first kappa shape index (κ1) is 25.9. The standard InChI is InChI=1S/C31H41N3O3/c1-4-15-30(35)16-17-31(20-23-8-6-5-7-9-23)25(21-30)11-10-24-19-26(12-13-27(24)31)36-22-28-32-29(37-33-28)14-18-34(2)3/h5-9,12-13,19,25,35H,4,10-11,14-18,20-22H2,1-3H3/t25-,30-,31+/m1/s1. The van der Waals surface area contributed by atoms with E-state index in [4.69, 9.17) is 9.26 Å². The molecule has 0 radical (unpaired) electrons. The first-order chi connectivity index (χ1) is 17.9. The largest absolute Gasteiger partial charge is 0.485 e. The summed E-state index contributed by atoms with van der Waals surface area (Å²) in [5, 5.41) is 15.5. The lowest BCUT2D eigenvalue weighted by atomic mass is 9.52. The van der Waals surface area contributed by atoms with Gasteiger partial charge in [-0.05, 0) is 93.8 Å². The van der Waals surface area contributed by atoms with Gasteiger partial charge in [0.2, 0.25) is 11.7 Å². The van der Waals surface area contributed by atoms with Crippen molar-refractivity contribution in [1.82, 2.24) is 15.0 Å². The maximum absolute atomic E-state index is 11.4. The predicted octanol–water partition coefficient (Wildman–Crippen LogP) is 5.51. The molecule has 6 heteroatoms. The molecule has 1 aromatic heterocycles. The van der Waals surface area contributed by atoms with Gasteiger partial charge < -0.3 is 19.3 Å². The van der Waals surface area contributed by atoms with Crippen LogP contribution in [0.2, 0.25) is 0 Å². The van der Waals surface area contributed by atoms with Crippen LogP contribution in [-0.4, -0.2) is 46.4 Å². The third kappa shape index (κ3) is 5.75. The van der Waals surface area contributed by atoms with Crippen molar-refractivity contribution in [3.05, 3.63) is 76.9 Å². The molecular weight excluding hydrogens is 462 g/mol. The van der Waals surface area contributed by atoms with Crippen molar-refractivity contribution >= 4 is 0 Å². The molecule has 0 amide bonds. The first-order valence-corrected chi connectivity index (χ1v) is 13.9. The van der Waals surface area contributed by atoms with E-state index in [9.17, 15) is 5.11 Å². The summed E-state index contributed by atoms with van der Waals surface area (Å²) in [6.45, 7) is 3.35. The van der Waals surface area contributed by atoms with E-state index < -0.39 is 5.60 Å². The van der Waals surface area contributed by atoms with Gasteiger partial charge in [0.25, 0.3) is 0 Å². The molecule has 1 saturated carbocycles. The predicted molar refractivity (Wildman–Crippen MR) is 145 cm³/mol. The number of rotatable bonds is 10. The summed E-state index contributed by atoms with van der Waals surface area (Å²) in [6, 6.07) is 17.5. The van der Waals surface area contributed by atoms with Crippen LogP contribution in [0.3, 0.4) is 0 Å². The Balaban J connectivity index is 1.36. The Morgan fingerprint density at radius 3 is 2.76 bits per heavy atom. The van der Waals surface area contributed by atoms with E-state index in [1.165, 1.54) is 16.7 Å². The fourth-order valence-corrected chi connectivity index (χ4v) is 6.73. The van der Waals surface area contributed by atoms with E-state index in [-0.39, 0.29) is 5.41 Å². The molecule has 5 rings (SSSR count). The Labute approximate surface area is 221 Å². The number of benzene rings is 2. The van der Waals surface area contributed by atoms with E-state index in [2.05, 4.69) is 70.5 Å². The average molecular weight is 504 g/mol. The van der Waals surface area contributed by atoms with Crippen LogP contribution in [0.25, 0.3) is 0 Å². The van der Waals surface area contributed by atoms with Crippen LogP contribution in [0.1, 0.15) is 73.9 Å². The van der Waals surface area contributed by atoms with Gasteiger partial charge in [0.1, 0.15) is 5.75 Å². The summed E-state index contributed by atoms with van der Waals surface area (Å²) >= 11 is 0. The molecule has 2 aromatic carbocycles. The molecule has 2 aliphatic rings. The van der Waals surface area contributed by atoms with Crippen LogP contribution in [0.5, 0.6) is 5.75 Å². The third-order valence-electron chi connectivity index (χ3n) is 8.55. The average Bonchev–Trinajstić information content (AvgIpc) is 3.35. The van der Waals surface area contributed by atoms with Gasteiger partial charge in [0.05, 0.1) is 5.60 Å². The summed E-state index contributed by atoms with van der Waals surface area (Å²) in [7, 11) is 4.06. The second-order valence-corrected chi connectivity index (χ2v) is 11.5. The Hall–Kier alpha value is -2.70. The molecule has 6 nitrogen and oxygen atoms in total. The molecule has 0 bridgehead atoms. The summed E-state index contributed by atoms with van der Waals surface area (Å²) in [4.78, 5) is 6.57. The van der Waals surface area contributed by atoms with Gasteiger partial charge in [0.15, 0.2) is 6.61 Å². The molecule has 0 aliphatic heterocycles. The lowest BCUT2D eigenvalue weighted by molar-refractivity contribution is -0.0565. The van der Waals surface area contributed by atoms with Crippen LogP contribution in [0, 0.1) is 5.92 Å². The van der Waals surface area contributed by atoms with Crippen molar-refractivity contribution in [2.45, 2.75) is 82.3 Å². The minimum atomic E-state index is -0.518. The second-order valence-electron chi connectivity index (χ2n) is 11.5. The van der Waals surface area contributed by atoms with E-state index in [0.29, 0.717) is 24.2 Å². The monoisotopic (exact) mass is 503 g/mol. The second kappa shape index (κ2) is 11.0. The molecule has 0 unspecified atom stereocenters. The maximum atomic E-state index is 11.4. The van der Waals surface area contributed by atoms with E-state index in [1.807, 2.05) is 14.1 Å². The number of hydrogen-bond donors (Lipinski definition) is 1. The zero-order valence-electron chi connectivity index (χ0n) is 22.6. The lowest BCUT2D eigenvalue weighted by Crippen LogP contribution is -2.51. The molecule has 3 atom stereocenters. The SMILES string of the molecule is CCC[C@@]1(O)CC[C@@]2(Cc3ccccc3)c3ccc(OCc4noc(CCN(C)C)n4)cc3CC[C@@H]2C1. The molecule has 0 spiro atoms. The third-order valence-corrected chi connectivity index (χ3v) is 8.55. The zero-order chi connectivity index (χ0) is 25.9. The molecule has 1 heterocycles. The number of fused-ring (bicyclic) bond motifs is 3. The van der Waals surface area contributed by atoms with E-state index >= 15 is 0 Å². The van der Waals surface area contributed by atoms with Gasteiger partial charge in [-0.3, -0.25) is 0 Å². The molecule has 2 aliphatic carbocycles. The minimum Gasteiger partial charge on any atom is -0.485 e. The van der Waals surface area contributed by atoms with Gasteiger partial charge in [0, 0.05) is 18.4 Å². The molecule has 3 aromatic rings. The van der Waals surface area contributed by atoms with Crippen LogP contribution >= 0.6 is 0 Å². The number of nitrogens with zero attached hydrogens (tertiary/aromatic N) is 3. The lowest BCUT2D eigenvalue weighted by Gasteiger charge is -2.53. The maximum Gasteiger partial charge on any atom is 0.228 e. The van der Waals surface area contributed by atoms with Crippen molar-refractivity contribution in [1.29, 1.82) is 0 Å². The summed E-state index contributed by atoms with van der Waals surface area (Å²) < 4.78 is 11.5. The van der Waals surface area contributed by atoms with Gasteiger partial charge in [-0.15, -0.1) is 0 Å². The van der Waals surface area contributed by atoms with Crippen LogP contribution in [-0.2, 0) is 31.3 Å². The zero-order valence-corrected chi connectivity index (χ0v) is 22.6. The summed E-state index contributed by atoms with van der Waals surface area (Å²) in [5.74, 6) is 2.56. The first-order valence-electron chi connectivity index (χ1n) is 13.9. The highest BCUT2D eigenvalue weighted by atomic mass is 16.5. The molecule has 0 saturated heterocycles. The van der Waals surface area contributed by atoms with Gasteiger partial charge >= 0.3 is 0 Å². The van der Waals surface area contributed by atoms with Gasteiger partial charge in [-0.1, -0.05) is 54.9 Å². The molecular formula is C31H41N3O3. The Kier molecular flexibility index (Phi) is 7.68. The van der Waals surface area contributed by atoms with Crippen LogP contribution in [0.15, 0.2) is 53.1 Å². The quantitative estimate of drug-likeness (QED) is 0.393. The van der Waals surface area contributed by atoms with Crippen molar-refractivity contribution in [3.8, 4) is 5.75 Å². The molecule has 198 valence electrons. The Bertz CT molecular complexity index is 1180. The van der Waals surface area contributed by atoms with Crippen molar-refractivity contribution in [2.75, 3.05) is 20.6 Å². The summed E-state index contributed by atoms with van der Waals surface area (Å²) in [5.41, 5.74) is 3.75. The number of ether oxygens (including phenoxy) is 1. The highest BCUT2D eigenvalue weighted by molar-refractivity contribution is 5.45. The molecule has 1 fully saturated rings. The van der Waals surface area contributed by atoms with Crippen molar-refractivity contribution in [3.63, 3.8) is 0 Å². The molecule has 37 heavy (non-hydrogen) atoms. The van der Waals surface area contributed by atoms with Crippen molar-refractivity contribution in [2.24, 2.45) is 5.92 Å². The fraction of sp³-hybridized carbons (Fsp3) is 0.548. The number of hydrogen-bond acceptors (Lipinski definition) is 6. The Morgan fingerprint density at radius 2 is 1.97 bits per heavy atom. The van der Waals surface area contributed by atoms with Crippen molar-refractivity contribution < 1.29 is 14.4 Å². The topological polar surface area (TPSA) is 71.6 Å². The molecule has 1 N–H and O–H groups in total. The number of aryl methyl sites for hydroxylation is 1. The number of likely N-dealkylation sites (N-methyl/N-ethyl adjacent to an activating group) is 1. The highest BCUT2D eigenvalue weighted by Crippen LogP contribution is 2.55. The normalized spacial score (nSPS) is 25.1. The Morgan fingerprint density at radius 1 is 1.14 bits per heavy atom. The summed E-state index contributed by atoms with van der Waals surface area (Å²) in [6.07, 6.45) is 8.61. The van der Waals surface area contributed by atoms with E-state index in [1.54, 1.807) is 0 Å². The number of aliphatic hydroxyl groups is 1. The number of aromatic nitrogens is 2. The van der Waals surface area contributed by atoms with Gasteiger partial charge in [-0.2, -0.15) is 4.98 Å². The smallest absolute Gasteiger partial charge is 0.228 e. The van der Waals surface area contributed by atoms with Crippen LogP contribution < -0.4 is 4.74 Å². The highest BCUT2D eigenvalue weighted by Gasteiger charge is 2.51. The minimum absolute atomic E-state index is 0.0580. The van der Waals surface area contributed by atoms with E-state index in [0.717, 1.165) is 70.1 Å². The van der Waals surface area contributed by atoms with Gasteiger partial charge in [-0.25, -0.2) is 0 Å².